The van der Waals surface area contributed by atoms with Crippen molar-refractivity contribution in [1.29, 1.82) is 5.26 Å². The fourth-order valence-electron chi connectivity index (χ4n) is 2.13. The minimum absolute atomic E-state index is 0.0454. The van der Waals surface area contributed by atoms with Gasteiger partial charge in [-0.25, -0.2) is 4.98 Å². The van der Waals surface area contributed by atoms with E-state index in [2.05, 4.69) is 16.4 Å². The number of benzene rings is 1. The van der Waals surface area contributed by atoms with Crippen molar-refractivity contribution >= 4 is 40.2 Å². The highest BCUT2D eigenvalue weighted by Gasteiger charge is 2.10. The molecule has 0 unspecified atom stereocenters. The number of hydrogen-bond donors (Lipinski definition) is 1. The second-order valence-electron chi connectivity index (χ2n) is 5.74. The average molecular weight is 404 g/mol. The molecule has 0 spiro atoms. The van der Waals surface area contributed by atoms with Gasteiger partial charge in [0.25, 0.3) is 0 Å². The number of hydrogen-bond acceptors (Lipinski definition) is 7. The summed E-state index contributed by atoms with van der Waals surface area (Å²) in [7, 11) is 1.58. The van der Waals surface area contributed by atoms with Crippen LogP contribution >= 0.6 is 23.1 Å². The van der Waals surface area contributed by atoms with Crippen LogP contribution in [0.1, 0.15) is 25.1 Å². The van der Waals surface area contributed by atoms with Gasteiger partial charge in [0, 0.05) is 6.08 Å². The number of amides is 1. The summed E-state index contributed by atoms with van der Waals surface area (Å²) in [5.41, 5.74) is 1.63. The molecule has 1 amide bonds. The zero-order chi connectivity index (χ0) is 19.8. The van der Waals surface area contributed by atoms with E-state index in [-0.39, 0.29) is 12.0 Å². The van der Waals surface area contributed by atoms with Crippen LogP contribution in [0.2, 0.25) is 0 Å². The number of aryl methyl sites for hydroxylation is 1. The number of ether oxygens (including phenoxy) is 2. The smallest absolute Gasteiger partial charge is 0.250 e. The van der Waals surface area contributed by atoms with Crippen LogP contribution in [-0.4, -0.2) is 29.9 Å². The Morgan fingerprint density at radius 1 is 1.44 bits per heavy atom. The second kappa shape index (κ2) is 10.00. The Morgan fingerprint density at radius 3 is 2.89 bits per heavy atom. The third kappa shape index (κ3) is 6.31. The lowest BCUT2D eigenvalue weighted by atomic mass is 10.2. The first-order valence-electron chi connectivity index (χ1n) is 8.24. The molecule has 8 heteroatoms. The van der Waals surface area contributed by atoms with Crippen molar-refractivity contribution in [2.75, 3.05) is 18.2 Å². The molecule has 0 bridgehead atoms. The number of methoxy groups -OCH3 is 1. The van der Waals surface area contributed by atoms with Crippen LogP contribution < -0.4 is 14.8 Å². The zero-order valence-electron chi connectivity index (χ0n) is 15.6. The van der Waals surface area contributed by atoms with Gasteiger partial charge >= 0.3 is 0 Å². The molecule has 0 radical (unpaired) electrons. The van der Waals surface area contributed by atoms with Crippen LogP contribution in [0, 0.1) is 18.3 Å². The molecule has 2 aromatic rings. The highest BCUT2D eigenvalue weighted by molar-refractivity contribution is 8.01. The van der Waals surface area contributed by atoms with E-state index in [0.717, 1.165) is 15.5 Å². The van der Waals surface area contributed by atoms with Crippen molar-refractivity contribution in [2.24, 2.45) is 0 Å². The van der Waals surface area contributed by atoms with Gasteiger partial charge in [-0.2, -0.15) is 5.26 Å². The van der Waals surface area contributed by atoms with E-state index >= 15 is 0 Å². The SMILES string of the molecule is COc1cc(/C=C/C(=O)Nc2nc(C)c(SCC#N)s2)ccc1OC(C)C. The monoisotopic (exact) mass is 403 g/mol. The number of thioether (sulfide) groups is 1. The first kappa shape index (κ1) is 20.8. The predicted molar refractivity (Wildman–Crippen MR) is 110 cm³/mol. The molecule has 1 heterocycles. The average Bonchev–Trinajstić information content (AvgIpc) is 2.97. The minimum atomic E-state index is -0.276. The molecule has 0 saturated heterocycles. The Balaban J connectivity index is 2.03. The lowest BCUT2D eigenvalue weighted by Gasteiger charge is -2.13. The third-order valence-corrected chi connectivity index (χ3v) is 5.53. The summed E-state index contributed by atoms with van der Waals surface area (Å²) < 4.78 is 12.0. The Hall–Kier alpha value is -2.50. The fraction of sp³-hybridized carbons (Fsp3) is 0.316. The number of nitrogens with one attached hydrogen (secondary N) is 1. The van der Waals surface area contributed by atoms with Crippen LogP contribution in [0.15, 0.2) is 28.5 Å². The van der Waals surface area contributed by atoms with E-state index in [9.17, 15) is 4.79 Å². The van der Waals surface area contributed by atoms with E-state index in [1.165, 1.54) is 29.2 Å². The first-order valence-corrected chi connectivity index (χ1v) is 10.0. The molecule has 2 rings (SSSR count). The van der Waals surface area contributed by atoms with Crippen LogP contribution in [-0.2, 0) is 4.79 Å². The highest BCUT2D eigenvalue weighted by atomic mass is 32.2. The molecule has 0 aliphatic heterocycles. The molecule has 0 atom stereocenters. The molecule has 0 fully saturated rings. The molecule has 142 valence electrons. The molecular weight excluding hydrogens is 382 g/mol. The van der Waals surface area contributed by atoms with Gasteiger partial charge in [0.2, 0.25) is 5.91 Å². The predicted octanol–water partition coefficient (Wildman–Crippen LogP) is 4.51. The Labute approximate surface area is 167 Å². The molecule has 1 aromatic carbocycles. The van der Waals surface area contributed by atoms with Gasteiger partial charge in [-0.1, -0.05) is 29.2 Å². The number of rotatable bonds is 8. The van der Waals surface area contributed by atoms with Crippen molar-refractivity contribution in [2.45, 2.75) is 31.1 Å². The number of nitriles is 1. The standard InChI is InChI=1S/C19H21N3O3S2/c1-12(2)25-15-7-5-14(11-16(15)24-4)6-8-17(23)22-19-21-13(3)18(27-19)26-10-9-20/h5-8,11-12H,10H2,1-4H3,(H,21,22,23)/b8-6+. The van der Waals surface area contributed by atoms with Gasteiger partial charge in [0.1, 0.15) is 0 Å². The minimum Gasteiger partial charge on any atom is -0.493 e. The Bertz CT molecular complexity index is 870. The molecule has 27 heavy (non-hydrogen) atoms. The summed E-state index contributed by atoms with van der Waals surface area (Å²) in [4.78, 5) is 16.5. The van der Waals surface area contributed by atoms with Crippen LogP contribution in [0.25, 0.3) is 6.08 Å². The zero-order valence-corrected chi connectivity index (χ0v) is 17.2. The summed E-state index contributed by atoms with van der Waals surface area (Å²) >= 11 is 2.78. The van der Waals surface area contributed by atoms with Crippen molar-refractivity contribution in [3.8, 4) is 17.6 Å². The summed E-state index contributed by atoms with van der Waals surface area (Å²) in [5.74, 6) is 1.35. The van der Waals surface area contributed by atoms with E-state index in [1.807, 2.05) is 39.0 Å². The molecule has 0 aliphatic rings. The van der Waals surface area contributed by atoms with Crippen LogP contribution in [0.3, 0.4) is 0 Å². The first-order chi connectivity index (χ1) is 12.9. The van der Waals surface area contributed by atoms with Gasteiger partial charge in [-0.3, -0.25) is 10.1 Å². The summed E-state index contributed by atoms with van der Waals surface area (Å²) in [6, 6.07) is 7.56. The van der Waals surface area contributed by atoms with Crippen molar-refractivity contribution in [1.82, 2.24) is 4.98 Å². The Morgan fingerprint density at radius 2 is 2.22 bits per heavy atom. The molecule has 0 aliphatic carbocycles. The van der Waals surface area contributed by atoms with Gasteiger partial charge in [-0.05, 0) is 44.5 Å². The number of aromatic nitrogens is 1. The number of carbonyl (C=O) groups is 1. The lowest BCUT2D eigenvalue weighted by molar-refractivity contribution is -0.111. The van der Waals surface area contributed by atoms with E-state index in [1.54, 1.807) is 13.2 Å². The summed E-state index contributed by atoms with van der Waals surface area (Å²) in [6.45, 7) is 5.75. The van der Waals surface area contributed by atoms with Crippen molar-refractivity contribution in [3.63, 3.8) is 0 Å². The third-order valence-electron chi connectivity index (χ3n) is 3.23. The van der Waals surface area contributed by atoms with Crippen LogP contribution in [0.5, 0.6) is 11.5 Å². The van der Waals surface area contributed by atoms with Crippen molar-refractivity contribution in [3.05, 3.63) is 35.5 Å². The highest BCUT2D eigenvalue weighted by Crippen LogP contribution is 2.32. The summed E-state index contributed by atoms with van der Waals surface area (Å²) in [5, 5.41) is 11.9. The maximum atomic E-state index is 12.1. The van der Waals surface area contributed by atoms with E-state index in [0.29, 0.717) is 22.4 Å². The van der Waals surface area contributed by atoms with E-state index < -0.39 is 0 Å². The number of anilines is 1. The lowest BCUT2D eigenvalue weighted by Crippen LogP contribution is -2.07. The normalized spacial score (nSPS) is 10.8. The van der Waals surface area contributed by atoms with Gasteiger partial charge in [0.15, 0.2) is 16.6 Å². The molecule has 0 saturated carbocycles. The summed E-state index contributed by atoms with van der Waals surface area (Å²) in [6.07, 6.45) is 3.18. The number of carbonyl (C=O) groups excluding carboxylic acids is 1. The largest absolute Gasteiger partial charge is 0.493 e. The maximum Gasteiger partial charge on any atom is 0.250 e. The van der Waals surface area contributed by atoms with E-state index in [4.69, 9.17) is 14.7 Å². The maximum absolute atomic E-state index is 12.1. The number of thiazole rings is 1. The van der Waals surface area contributed by atoms with Gasteiger partial charge in [0.05, 0.1) is 34.9 Å². The van der Waals surface area contributed by atoms with Gasteiger partial charge in [-0.15, -0.1) is 0 Å². The molecular formula is C19H21N3O3S2. The van der Waals surface area contributed by atoms with Gasteiger partial charge < -0.3 is 9.47 Å². The molecule has 1 aromatic heterocycles. The second-order valence-corrected chi connectivity index (χ2v) is 7.98. The topological polar surface area (TPSA) is 84.2 Å². The quantitative estimate of drug-likeness (QED) is 0.515. The Kier molecular flexibility index (Phi) is 7.70. The fourth-order valence-corrected chi connectivity index (χ4v) is 3.93. The number of nitrogens with zero attached hydrogens (tertiary/aromatic N) is 2. The van der Waals surface area contributed by atoms with Crippen molar-refractivity contribution < 1.29 is 14.3 Å². The van der Waals surface area contributed by atoms with Crippen LogP contribution in [0.4, 0.5) is 5.13 Å². The molecule has 6 nitrogen and oxygen atoms in total. The molecule has 1 N–H and O–H groups in total.